The number of thioether (sulfide) groups is 1. The van der Waals surface area contributed by atoms with Gasteiger partial charge in [0.15, 0.2) is 0 Å². The van der Waals surface area contributed by atoms with E-state index in [1.165, 1.54) is 19.8 Å². The first kappa shape index (κ1) is 16.1. The third-order valence-corrected chi connectivity index (χ3v) is 5.97. The number of halogens is 1. The van der Waals surface area contributed by atoms with Crippen molar-refractivity contribution in [3.8, 4) is 0 Å². The summed E-state index contributed by atoms with van der Waals surface area (Å²) in [5.74, 6) is 1.12. The Morgan fingerprint density at radius 3 is 2.50 bits per heavy atom. The lowest BCUT2D eigenvalue weighted by molar-refractivity contribution is 0.552. The first-order chi connectivity index (χ1) is 9.74. The van der Waals surface area contributed by atoms with Crippen molar-refractivity contribution < 1.29 is 0 Å². The van der Waals surface area contributed by atoms with E-state index in [1.807, 2.05) is 23.1 Å². The van der Waals surface area contributed by atoms with Gasteiger partial charge in [-0.05, 0) is 57.4 Å². The van der Waals surface area contributed by atoms with Crippen molar-refractivity contribution in [3.63, 3.8) is 0 Å². The Morgan fingerprint density at radius 2 is 1.95 bits per heavy atom. The zero-order valence-corrected chi connectivity index (χ0v) is 15.1. The number of rotatable bonds is 7. The van der Waals surface area contributed by atoms with Gasteiger partial charge in [0.2, 0.25) is 0 Å². The van der Waals surface area contributed by atoms with Crippen molar-refractivity contribution in [2.75, 3.05) is 12.3 Å². The summed E-state index contributed by atoms with van der Waals surface area (Å²) < 4.78 is 1.23. The van der Waals surface area contributed by atoms with E-state index in [-0.39, 0.29) is 0 Å². The Morgan fingerprint density at radius 1 is 1.20 bits per heavy atom. The first-order valence-corrected chi connectivity index (χ1v) is 9.58. The molecule has 0 radical (unpaired) electrons. The van der Waals surface area contributed by atoms with Crippen LogP contribution in [0.1, 0.15) is 30.3 Å². The molecule has 108 valence electrons. The minimum absolute atomic E-state index is 0.385. The van der Waals surface area contributed by atoms with Crippen LogP contribution in [0.2, 0.25) is 0 Å². The highest BCUT2D eigenvalue weighted by Crippen LogP contribution is 2.29. The maximum atomic E-state index is 3.63. The average Bonchev–Trinajstić information content (AvgIpc) is 2.85. The molecule has 0 bridgehead atoms. The topological polar surface area (TPSA) is 12.0 Å². The van der Waals surface area contributed by atoms with Gasteiger partial charge < -0.3 is 5.32 Å². The summed E-state index contributed by atoms with van der Waals surface area (Å²) in [5.41, 5.74) is 1.37. The van der Waals surface area contributed by atoms with Crippen molar-refractivity contribution >= 4 is 39.0 Å². The van der Waals surface area contributed by atoms with Crippen molar-refractivity contribution in [2.45, 2.75) is 31.2 Å². The Hall–Kier alpha value is -0.290. The third-order valence-electron chi connectivity index (χ3n) is 3.12. The number of thiophene rings is 1. The molecular formula is C16H20BrNS2. The van der Waals surface area contributed by atoms with Gasteiger partial charge in [-0.2, -0.15) is 0 Å². The summed E-state index contributed by atoms with van der Waals surface area (Å²) in [6, 6.07) is 11.5. The summed E-state index contributed by atoms with van der Waals surface area (Å²) in [6.45, 7) is 5.34. The Bertz CT molecular complexity index is 522. The van der Waals surface area contributed by atoms with Crippen LogP contribution in [0.3, 0.4) is 0 Å². The molecule has 2 rings (SSSR count). The molecule has 1 nitrogen and oxygen atoms in total. The van der Waals surface area contributed by atoms with E-state index in [0.717, 1.165) is 18.7 Å². The summed E-state index contributed by atoms with van der Waals surface area (Å²) >= 11 is 7.34. The molecule has 0 saturated carbocycles. The van der Waals surface area contributed by atoms with Gasteiger partial charge in [-0.15, -0.1) is 23.1 Å². The quantitative estimate of drug-likeness (QED) is 0.645. The van der Waals surface area contributed by atoms with Gasteiger partial charge in [-0.3, -0.25) is 0 Å². The lowest BCUT2D eigenvalue weighted by atomic mass is 10.0. The highest BCUT2D eigenvalue weighted by molar-refractivity contribution is 9.10. The summed E-state index contributed by atoms with van der Waals surface area (Å²) in [6.07, 6.45) is 1.03. The van der Waals surface area contributed by atoms with Crippen LogP contribution in [0, 0.1) is 0 Å². The average molecular weight is 370 g/mol. The maximum Gasteiger partial charge on any atom is 0.0369 e. The van der Waals surface area contributed by atoms with Gasteiger partial charge in [0.05, 0.1) is 0 Å². The fraction of sp³-hybridized carbons (Fsp3) is 0.375. The van der Waals surface area contributed by atoms with Crippen LogP contribution in [0.5, 0.6) is 0 Å². The van der Waals surface area contributed by atoms with Crippen LogP contribution < -0.4 is 5.32 Å². The minimum Gasteiger partial charge on any atom is -0.310 e. The molecule has 4 heteroatoms. The molecule has 2 aromatic rings. The van der Waals surface area contributed by atoms with Gasteiger partial charge in [-0.25, -0.2) is 0 Å². The molecule has 1 aromatic carbocycles. The molecule has 1 unspecified atom stereocenters. The van der Waals surface area contributed by atoms with Crippen LogP contribution >= 0.6 is 39.0 Å². The van der Waals surface area contributed by atoms with Crippen molar-refractivity contribution in [2.24, 2.45) is 0 Å². The van der Waals surface area contributed by atoms with Crippen LogP contribution in [0.25, 0.3) is 0 Å². The summed E-state index contributed by atoms with van der Waals surface area (Å²) in [7, 11) is 0. The van der Waals surface area contributed by atoms with E-state index in [4.69, 9.17) is 0 Å². The second-order valence-corrected chi connectivity index (χ2v) is 7.70. The Kier molecular flexibility index (Phi) is 6.62. The van der Waals surface area contributed by atoms with Gasteiger partial charge >= 0.3 is 0 Å². The van der Waals surface area contributed by atoms with Crippen LogP contribution in [-0.4, -0.2) is 12.3 Å². The SMILES string of the molecule is CCNC(Cc1sccc1Br)c1ccc(SCC)cc1. The normalized spacial score (nSPS) is 12.6. The lowest BCUT2D eigenvalue weighted by Gasteiger charge is -2.18. The highest BCUT2D eigenvalue weighted by Gasteiger charge is 2.13. The molecule has 0 spiro atoms. The maximum absolute atomic E-state index is 3.63. The summed E-state index contributed by atoms with van der Waals surface area (Å²) in [5, 5.41) is 5.74. The van der Waals surface area contributed by atoms with E-state index < -0.39 is 0 Å². The number of nitrogens with one attached hydrogen (secondary N) is 1. The van der Waals surface area contributed by atoms with Crippen LogP contribution in [0.4, 0.5) is 0 Å². The van der Waals surface area contributed by atoms with Gasteiger partial charge in [0, 0.05) is 26.7 Å². The largest absolute Gasteiger partial charge is 0.310 e. The predicted molar refractivity (Wildman–Crippen MR) is 95.0 cm³/mol. The molecule has 0 aliphatic rings. The second-order valence-electron chi connectivity index (χ2n) is 4.51. The monoisotopic (exact) mass is 369 g/mol. The molecule has 1 N–H and O–H groups in total. The van der Waals surface area contributed by atoms with Gasteiger partial charge in [-0.1, -0.05) is 26.0 Å². The molecule has 1 atom stereocenters. The third kappa shape index (κ3) is 4.35. The van der Waals surface area contributed by atoms with Crippen LogP contribution in [-0.2, 0) is 6.42 Å². The zero-order valence-electron chi connectivity index (χ0n) is 11.9. The number of benzene rings is 1. The van der Waals surface area contributed by atoms with Gasteiger partial charge in [0.1, 0.15) is 0 Å². The molecule has 1 aromatic heterocycles. The highest BCUT2D eigenvalue weighted by atomic mass is 79.9. The Labute approximate surface area is 138 Å². The first-order valence-electron chi connectivity index (χ1n) is 6.92. The number of likely N-dealkylation sites (N-methyl/N-ethyl adjacent to an activating group) is 1. The van der Waals surface area contributed by atoms with E-state index in [2.05, 4.69) is 70.8 Å². The number of hydrogen-bond acceptors (Lipinski definition) is 3. The van der Waals surface area contributed by atoms with E-state index in [1.54, 1.807) is 0 Å². The van der Waals surface area contributed by atoms with E-state index in [0.29, 0.717) is 6.04 Å². The molecule has 0 amide bonds. The predicted octanol–water partition coefficient (Wildman–Crippen LogP) is 5.52. The fourth-order valence-corrected chi connectivity index (χ4v) is 4.40. The fourth-order valence-electron chi connectivity index (χ4n) is 2.17. The standard InChI is InChI=1S/C16H20BrNS2/c1-3-18-15(11-16-14(17)9-10-20-16)12-5-7-13(8-6-12)19-4-2/h5-10,15,18H,3-4,11H2,1-2H3. The minimum atomic E-state index is 0.385. The van der Waals surface area contributed by atoms with E-state index >= 15 is 0 Å². The smallest absolute Gasteiger partial charge is 0.0369 e. The number of hydrogen-bond donors (Lipinski definition) is 1. The van der Waals surface area contributed by atoms with Crippen molar-refractivity contribution in [3.05, 3.63) is 50.6 Å². The lowest BCUT2D eigenvalue weighted by Crippen LogP contribution is -2.22. The second kappa shape index (κ2) is 8.23. The Balaban J connectivity index is 2.13. The molecule has 0 aliphatic carbocycles. The molecule has 1 heterocycles. The molecule has 20 heavy (non-hydrogen) atoms. The van der Waals surface area contributed by atoms with Crippen molar-refractivity contribution in [1.82, 2.24) is 5.32 Å². The van der Waals surface area contributed by atoms with Gasteiger partial charge in [0.25, 0.3) is 0 Å². The van der Waals surface area contributed by atoms with Crippen molar-refractivity contribution in [1.29, 1.82) is 0 Å². The summed E-state index contributed by atoms with van der Waals surface area (Å²) in [4.78, 5) is 2.76. The zero-order chi connectivity index (χ0) is 14.4. The van der Waals surface area contributed by atoms with E-state index in [9.17, 15) is 0 Å². The molecule has 0 saturated heterocycles. The molecule has 0 aliphatic heterocycles. The molecule has 0 fully saturated rings. The molecular weight excluding hydrogens is 350 g/mol. The van der Waals surface area contributed by atoms with Crippen LogP contribution in [0.15, 0.2) is 45.1 Å².